The molecule has 4 aromatic rings. The monoisotopic (exact) mass is 444 g/mol. The lowest BCUT2D eigenvalue weighted by molar-refractivity contribution is -0.107. The molecule has 0 bridgehead atoms. The Kier molecular flexibility index (Phi) is 6.02. The highest BCUT2D eigenvalue weighted by Crippen LogP contribution is 2.39. The fourth-order valence-corrected chi connectivity index (χ4v) is 4.78. The standard InChI is InChI=1S/C26H25ClN4O/c27-25-22(21-9-4-7-19-6-3-8-20(19)21)10-5-11-23(25)26-29-24-13-12-18(17-31(24)30-26)16-28-14-1-2-15-32/h4-5,7,9-13,15,17,28H,1-3,6,8,14,16H2. The van der Waals surface area contributed by atoms with Crippen molar-refractivity contribution in [2.24, 2.45) is 0 Å². The minimum Gasteiger partial charge on any atom is -0.313 e. The summed E-state index contributed by atoms with van der Waals surface area (Å²) in [5.74, 6) is 0.625. The molecule has 0 amide bonds. The number of hydrogen-bond acceptors (Lipinski definition) is 4. The second-order valence-corrected chi connectivity index (χ2v) is 8.60. The van der Waals surface area contributed by atoms with Gasteiger partial charge in [-0.1, -0.05) is 48.0 Å². The lowest BCUT2D eigenvalue weighted by Gasteiger charge is -2.12. The minimum absolute atomic E-state index is 0.587. The van der Waals surface area contributed by atoms with Crippen LogP contribution in [0.5, 0.6) is 0 Å². The van der Waals surface area contributed by atoms with Gasteiger partial charge in [-0.2, -0.15) is 0 Å². The first kappa shape index (κ1) is 20.9. The summed E-state index contributed by atoms with van der Waals surface area (Å²) in [5, 5.41) is 8.76. The minimum atomic E-state index is 0.587. The van der Waals surface area contributed by atoms with Crippen LogP contribution in [0.1, 0.15) is 36.0 Å². The molecule has 0 saturated carbocycles. The van der Waals surface area contributed by atoms with E-state index in [1.165, 1.54) is 23.1 Å². The number of fused-ring (bicyclic) bond motifs is 2. The Morgan fingerprint density at radius 2 is 1.88 bits per heavy atom. The van der Waals surface area contributed by atoms with E-state index in [0.717, 1.165) is 61.0 Å². The van der Waals surface area contributed by atoms with E-state index in [4.69, 9.17) is 21.7 Å². The first-order chi connectivity index (χ1) is 15.7. The van der Waals surface area contributed by atoms with Crippen molar-refractivity contribution in [3.8, 4) is 22.5 Å². The molecule has 32 heavy (non-hydrogen) atoms. The summed E-state index contributed by atoms with van der Waals surface area (Å²) < 4.78 is 1.81. The number of aryl methyl sites for hydroxylation is 1. The third kappa shape index (κ3) is 4.06. The highest BCUT2D eigenvalue weighted by Gasteiger charge is 2.19. The van der Waals surface area contributed by atoms with Gasteiger partial charge in [0.25, 0.3) is 0 Å². The average molecular weight is 445 g/mol. The Bertz CT molecular complexity index is 1280. The van der Waals surface area contributed by atoms with Gasteiger partial charge in [-0.15, -0.1) is 5.10 Å². The van der Waals surface area contributed by atoms with Gasteiger partial charge in [-0.25, -0.2) is 9.50 Å². The van der Waals surface area contributed by atoms with E-state index < -0.39 is 0 Å². The van der Waals surface area contributed by atoms with Crippen molar-refractivity contribution in [2.75, 3.05) is 6.54 Å². The van der Waals surface area contributed by atoms with E-state index in [1.807, 2.05) is 30.5 Å². The lowest BCUT2D eigenvalue weighted by Crippen LogP contribution is -2.15. The largest absolute Gasteiger partial charge is 0.313 e. The maximum atomic E-state index is 10.4. The van der Waals surface area contributed by atoms with Crippen LogP contribution in [0.25, 0.3) is 28.2 Å². The molecule has 0 radical (unpaired) electrons. The molecule has 1 N–H and O–H groups in total. The Morgan fingerprint density at radius 3 is 2.78 bits per heavy atom. The molecule has 162 valence electrons. The molecule has 2 aromatic heterocycles. The Morgan fingerprint density at radius 1 is 1.03 bits per heavy atom. The second kappa shape index (κ2) is 9.23. The maximum Gasteiger partial charge on any atom is 0.183 e. The van der Waals surface area contributed by atoms with E-state index >= 15 is 0 Å². The first-order valence-electron chi connectivity index (χ1n) is 11.1. The number of benzene rings is 2. The summed E-state index contributed by atoms with van der Waals surface area (Å²) in [6.45, 7) is 1.53. The number of hydrogen-bond donors (Lipinski definition) is 1. The van der Waals surface area contributed by atoms with E-state index in [-0.39, 0.29) is 0 Å². The van der Waals surface area contributed by atoms with Crippen molar-refractivity contribution in [3.63, 3.8) is 0 Å². The number of aromatic nitrogens is 3. The van der Waals surface area contributed by atoms with Crippen LogP contribution in [0.3, 0.4) is 0 Å². The van der Waals surface area contributed by atoms with Crippen LogP contribution >= 0.6 is 11.6 Å². The van der Waals surface area contributed by atoms with Crippen LogP contribution in [-0.2, 0) is 24.2 Å². The molecular formula is C26H25ClN4O. The molecule has 0 atom stereocenters. The number of rotatable bonds is 8. The van der Waals surface area contributed by atoms with Crippen LogP contribution in [0.4, 0.5) is 0 Å². The number of nitrogens with zero attached hydrogens (tertiary/aromatic N) is 3. The van der Waals surface area contributed by atoms with Gasteiger partial charge in [0.1, 0.15) is 6.29 Å². The fourth-order valence-electron chi connectivity index (χ4n) is 4.47. The molecule has 1 aliphatic carbocycles. The Labute approximate surface area is 192 Å². The number of aldehydes is 1. The average Bonchev–Trinajstić information content (AvgIpc) is 3.45. The number of pyridine rings is 1. The van der Waals surface area contributed by atoms with E-state index in [1.54, 1.807) is 4.52 Å². The number of carbonyl (C=O) groups excluding carboxylic acids is 1. The predicted molar refractivity (Wildman–Crippen MR) is 128 cm³/mol. The number of carbonyl (C=O) groups is 1. The molecular weight excluding hydrogens is 420 g/mol. The van der Waals surface area contributed by atoms with Crippen LogP contribution < -0.4 is 5.32 Å². The van der Waals surface area contributed by atoms with Crippen LogP contribution in [0.15, 0.2) is 54.7 Å². The summed E-state index contributed by atoms with van der Waals surface area (Å²) in [5.41, 5.74) is 7.85. The number of halogens is 1. The quantitative estimate of drug-likeness (QED) is 0.297. The first-order valence-corrected chi connectivity index (χ1v) is 11.5. The molecule has 0 saturated heterocycles. The van der Waals surface area contributed by atoms with E-state index in [9.17, 15) is 4.79 Å². The molecule has 5 nitrogen and oxygen atoms in total. The third-order valence-corrected chi connectivity index (χ3v) is 6.48. The van der Waals surface area contributed by atoms with Crippen LogP contribution in [0.2, 0.25) is 5.02 Å². The van der Waals surface area contributed by atoms with Crippen LogP contribution in [0, 0.1) is 0 Å². The van der Waals surface area contributed by atoms with Crippen molar-refractivity contribution >= 4 is 23.5 Å². The smallest absolute Gasteiger partial charge is 0.183 e. The summed E-state index contributed by atoms with van der Waals surface area (Å²) >= 11 is 6.92. The van der Waals surface area contributed by atoms with Gasteiger partial charge < -0.3 is 10.1 Å². The van der Waals surface area contributed by atoms with Crippen molar-refractivity contribution in [1.29, 1.82) is 0 Å². The SMILES string of the molecule is O=CCCCNCc1ccc2nc(-c3cccc(-c4cccc5c4CCC5)c3Cl)nn2c1. The van der Waals surface area contributed by atoms with Gasteiger partial charge in [-0.3, -0.25) is 0 Å². The molecule has 2 aromatic carbocycles. The molecule has 6 heteroatoms. The maximum absolute atomic E-state index is 10.4. The summed E-state index contributed by atoms with van der Waals surface area (Å²) in [7, 11) is 0. The molecule has 0 spiro atoms. The molecule has 2 heterocycles. The normalized spacial score (nSPS) is 12.9. The van der Waals surface area contributed by atoms with Crippen molar-refractivity contribution in [3.05, 3.63) is 76.4 Å². The third-order valence-electron chi connectivity index (χ3n) is 6.07. The van der Waals surface area contributed by atoms with E-state index in [2.05, 4.69) is 29.6 Å². The van der Waals surface area contributed by atoms with E-state index in [0.29, 0.717) is 17.3 Å². The topological polar surface area (TPSA) is 59.3 Å². The molecule has 5 rings (SSSR count). The van der Waals surface area contributed by atoms with Gasteiger partial charge in [-0.05, 0) is 66.6 Å². The zero-order valence-corrected chi connectivity index (χ0v) is 18.6. The van der Waals surface area contributed by atoms with Crippen molar-refractivity contribution < 1.29 is 4.79 Å². The lowest BCUT2D eigenvalue weighted by atomic mass is 9.95. The Hall–Kier alpha value is -3.02. The highest BCUT2D eigenvalue weighted by atomic mass is 35.5. The highest BCUT2D eigenvalue weighted by molar-refractivity contribution is 6.36. The summed E-state index contributed by atoms with van der Waals surface area (Å²) in [6, 6.07) is 16.6. The zero-order chi connectivity index (χ0) is 21.9. The van der Waals surface area contributed by atoms with Gasteiger partial charge >= 0.3 is 0 Å². The van der Waals surface area contributed by atoms with Crippen molar-refractivity contribution in [2.45, 2.75) is 38.6 Å². The second-order valence-electron chi connectivity index (χ2n) is 8.23. The van der Waals surface area contributed by atoms with Gasteiger partial charge in [0, 0.05) is 30.3 Å². The predicted octanol–water partition coefficient (Wildman–Crippen LogP) is 5.27. The summed E-state index contributed by atoms with van der Waals surface area (Å²) in [4.78, 5) is 15.1. The number of unbranched alkanes of at least 4 members (excludes halogenated alkanes) is 1. The van der Waals surface area contributed by atoms with Crippen molar-refractivity contribution in [1.82, 2.24) is 19.9 Å². The molecule has 1 aliphatic rings. The zero-order valence-electron chi connectivity index (χ0n) is 17.9. The van der Waals surface area contributed by atoms with Gasteiger partial charge in [0.05, 0.1) is 5.02 Å². The molecule has 0 unspecified atom stereocenters. The van der Waals surface area contributed by atoms with Crippen LogP contribution in [-0.4, -0.2) is 27.4 Å². The van der Waals surface area contributed by atoms with Gasteiger partial charge in [0.15, 0.2) is 11.5 Å². The summed E-state index contributed by atoms with van der Waals surface area (Å²) in [6.07, 6.45) is 7.82. The van der Waals surface area contributed by atoms with Gasteiger partial charge in [0.2, 0.25) is 0 Å². The molecule has 0 fully saturated rings. The Balaban J connectivity index is 1.44. The number of nitrogens with one attached hydrogen (secondary N) is 1. The fraction of sp³-hybridized carbons (Fsp3) is 0.269. The molecule has 0 aliphatic heterocycles.